The molecule has 0 saturated heterocycles. The third kappa shape index (κ3) is 2.16. The van der Waals surface area contributed by atoms with Crippen molar-refractivity contribution in [1.82, 2.24) is 20.2 Å². The molecule has 0 fully saturated rings. The maximum atomic E-state index is 11.3. The van der Waals surface area contributed by atoms with E-state index in [4.69, 9.17) is 0 Å². The number of H-pyrrole nitrogens is 2. The average Bonchev–Trinajstić information content (AvgIpc) is 2.24. The number of rotatable bonds is 2. The molecule has 2 heterocycles. The highest BCUT2D eigenvalue weighted by molar-refractivity contribution is 5.17. The number of nitrogens with zero attached hydrogens (tertiary/aromatic N) is 2. The Morgan fingerprint density at radius 3 is 2.80 bits per heavy atom. The van der Waals surface area contributed by atoms with Crippen LogP contribution in [-0.4, -0.2) is 20.2 Å². The smallest absolute Gasteiger partial charge is 0.314 e. The van der Waals surface area contributed by atoms with E-state index in [9.17, 15) is 9.59 Å². The standard InChI is InChI=1S/C9H8N4O2/c14-8-7(5-10-9(15)13-8)3-6-1-2-11-12-4-6/h1-2,4-5H,3H2,(H2,10,13,14,15). The maximum Gasteiger partial charge on any atom is 0.325 e. The highest BCUT2D eigenvalue weighted by atomic mass is 16.2. The van der Waals surface area contributed by atoms with Crippen LogP contribution >= 0.6 is 0 Å². The predicted octanol–water partition coefficient (Wildman–Crippen LogP) is -0.556. The first-order valence-corrected chi connectivity index (χ1v) is 4.32. The summed E-state index contributed by atoms with van der Waals surface area (Å²) < 4.78 is 0. The Balaban J connectivity index is 2.33. The van der Waals surface area contributed by atoms with Crippen molar-refractivity contribution in [3.8, 4) is 0 Å². The van der Waals surface area contributed by atoms with Gasteiger partial charge in [-0.3, -0.25) is 9.78 Å². The van der Waals surface area contributed by atoms with E-state index in [-0.39, 0.29) is 5.56 Å². The van der Waals surface area contributed by atoms with Gasteiger partial charge in [-0.15, -0.1) is 0 Å². The Morgan fingerprint density at radius 2 is 2.13 bits per heavy atom. The normalized spacial score (nSPS) is 10.1. The zero-order chi connectivity index (χ0) is 10.7. The lowest BCUT2D eigenvalue weighted by Gasteiger charge is -1.98. The number of hydrogen-bond donors (Lipinski definition) is 2. The van der Waals surface area contributed by atoms with Crippen LogP contribution in [0, 0.1) is 0 Å². The van der Waals surface area contributed by atoms with Crippen molar-refractivity contribution in [3.63, 3.8) is 0 Å². The van der Waals surface area contributed by atoms with Gasteiger partial charge >= 0.3 is 5.69 Å². The van der Waals surface area contributed by atoms with Crippen LogP contribution < -0.4 is 11.2 Å². The van der Waals surface area contributed by atoms with Gasteiger partial charge in [-0.1, -0.05) is 0 Å². The Morgan fingerprint density at radius 1 is 1.27 bits per heavy atom. The Bertz CT molecular complexity index is 558. The third-order valence-electron chi connectivity index (χ3n) is 1.94. The molecular formula is C9H8N4O2. The average molecular weight is 204 g/mol. The molecule has 0 aromatic carbocycles. The molecule has 0 radical (unpaired) electrons. The van der Waals surface area contributed by atoms with E-state index >= 15 is 0 Å². The highest BCUT2D eigenvalue weighted by Crippen LogP contribution is 2.00. The molecule has 0 atom stereocenters. The van der Waals surface area contributed by atoms with Crippen molar-refractivity contribution < 1.29 is 0 Å². The molecule has 0 spiro atoms. The molecule has 0 bridgehead atoms. The minimum atomic E-state index is -0.503. The Kier molecular flexibility index (Phi) is 2.40. The second kappa shape index (κ2) is 3.87. The molecule has 6 nitrogen and oxygen atoms in total. The molecule has 0 aliphatic heterocycles. The zero-order valence-electron chi connectivity index (χ0n) is 7.73. The summed E-state index contributed by atoms with van der Waals surface area (Å²) in [7, 11) is 0. The zero-order valence-corrected chi connectivity index (χ0v) is 7.73. The molecule has 15 heavy (non-hydrogen) atoms. The molecule has 0 aliphatic rings. The number of aromatic amines is 2. The van der Waals surface area contributed by atoms with Crippen molar-refractivity contribution in [2.24, 2.45) is 0 Å². The molecule has 0 amide bonds. The van der Waals surface area contributed by atoms with Crippen molar-refractivity contribution in [1.29, 1.82) is 0 Å². The fraction of sp³-hybridized carbons (Fsp3) is 0.111. The van der Waals surface area contributed by atoms with Crippen LogP contribution in [0.25, 0.3) is 0 Å². The fourth-order valence-electron chi connectivity index (χ4n) is 1.21. The topological polar surface area (TPSA) is 91.5 Å². The quantitative estimate of drug-likeness (QED) is 0.686. The van der Waals surface area contributed by atoms with Crippen molar-refractivity contribution >= 4 is 0 Å². The summed E-state index contributed by atoms with van der Waals surface area (Å²) in [4.78, 5) is 26.7. The van der Waals surface area contributed by atoms with Gasteiger partial charge in [0, 0.05) is 24.4 Å². The van der Waals surface area contributed by atoms with Gasteiger partial charge < -0.3 is 4.98 Å². The van der Waals surface area contributed by atoms with Crippen LogP contribution in [0.1, 0.15) is 11.1 Å². The van der Waals surface area contributed by atoms with Gasteiger partial charge in [0.05, 0.1) is 6.20 Å². The second-order valence-electron chi connectivity index (χ2n) is 3.02. The summed E-state index contributed by atoms with van der Waals surface area (Å²) in [6.07, 6.45) is 4.95. The number of nitrogens with one attached hydrogen (secondary N) is 2. The van der Waals surface area contributed by atoms with Crippen molar-refractivity contribution in [3.05, 3.63) is 56.6 Å². The van der Waals surface area contributed by atoms with Gasteiger partial charge in [0.15, 0.2) is 0 Å². The summed E-state index contributed by atoms with van der Waals surface area (Å²) in [5, 5.41) is 7.32. The van der Waals surface area contributed by atoms with E-state index in [1.165, 1.54) is 6.20 Å². The van der Waals surface area contributed by atoms with Crippen molar-refractivity contribution in [2.45, 2.75) is 6.42 Å². The highest BCUT2D eigenvalue weighted by Gasteiger charge is 2.01. The summed E-state index contributed by atoms with van der Waals surface area (Å²) in [6, 6.07) is 1.76. The first-order chi connectivity index (χ1) is 7.25. The summed E-state index contributed by atoms with van der Waals surface area (Å²) in [5.74, 6) is 0. The lowest BCUT2D eigenvalue weighted by molar-refractivity contribution is 0.952. The molecule has 6 heteroatoms. The molecule has 2 aromatic heterocycles. The number of aromatic nitrogens is 4. The van der Waals surface area contributed by atoms with E-state index in [0.717, 1.165) is 5.56 Å². The summed E-state index contributed by atoms with van der Waals surface area (Å²) in [6.45, 7) is 0. The molecule has 2 aromatic rings. The lowest BCUT2D eigenvalue weighted by Crippen LogP contribution is -2.24. The van der Waals surface area contributed by atoms with Gasteiger partial charge in [-0.25, -0.2) is 4.79 Å². The molecule has 0 unspecified atom stereocenters. The van der Waals surface area contributed by atoms with E-state index in [1.807, 2.05) is 0 Å². The van der Waals surface area contributed by atoms with Crippen LogP contribution in [0.5, 0.6) is 0 Å². The lowest BCUT2D eigenvalue weighted by atomic mass is 10.1. The van der Waals surface area contributed by atoms with Crippen LogP contribution in [0.4, 0.5) is 0 Å². The molecule has 2 rings (SSSR count). The van der Waals surface area contributed by atoms with Crippen LogP contribution in [-0.2, 0) is 6.42 Å². The van der Waals surface area contributed by atoms with Crippen LogP contribution in [0.2, 0.25) is 0 Å². The van der Waals surface area contributed by atoms with E-state index in [0.29, 0.717) is 12.0 Å². The molecule has 0 saturated carbocycles. The van der Waals surface area contributed by atoms with Crippen LogP contribution in [0.15, 0.2) is 34.2 Å². The Hall–Kier alpha value is -2.24. The van der Waals surface area contributed by atoms with E-state index in [2.05, 4.69) is 20.2 Å². The SMILES string of the molecule is O=c1[nH]cc(Cc2ccnnc2)c(=O)[nH]1. The third-order valence-corrected chi connectivity index (χ3v) is 1.94. The largest absolute Gasteiger partial charge is 0.325 e. The molecular weight excluding hydrogens is 196 g/mol. The monoisotopic (exact) mass is 204 g/mol. The minimum Gasteiger partial charge on any atom is -0.314 e. The molecule has 0 aliphatic carbocycles. The van der Waals surface area contributed by atoms with Gasteiger partial charge in [0.1, 0.15) is 0 Å². The Labute approximate surface area is 84.0 Å². The van der Waals surface area contributed by atoms with Gasteiger partial charge in [-0.2, -0.15) is 10.2 Å². The molecule has 2 N–H and O–H groups in total. The second-order valence-corrected chi connectivity index (χ2v) is 3.02. The first kappa shape index (κ1) is 9.32. The fourth-order valence-corrected chi connectivity index (χ4v) is 1.21. The maximum absolute atomic E-state index is 11.3. The van der Waals surface area contributed by atoms with Gasteiger partial charge in [0.2, 0.25) is 0 Å². The first-order valence-electron chi connectivity index (χ1n) is 4.32. The van der Waals surface area contributed by atoms with Gasteiger partial charge in [0.25, 0.3) is 5.56 Å². The summed E-state index contributed by atoms with van der Waals surface area (Å²) >= 11 is 0. The van der Waals surface area contributed by atoms with Crippen LogP contribution in [0.3, 0.4) is 0 Å². The number of hydrogen-bond acceptors (Lipinski definition) is 4. The predicted molar refractivity (Wildman–Crippen MR) is 52.5 cm³/mol. The van der Waals surface area contributed by atoms with E-state index in [1.54, 1.807) is 18.5 Å². The minimum absolute atomic E-state index is 0.379. The van der Waals surface area contributed by atoms with E-state index < -0.39 is 5.69 Å². The van der Waals surface area contributed by atoms with Gasteiger partial charge in [-0.05, 0) is 11.6 Å². The van der Waals surface area contributed by atoms with Crippen molar-refractivity contribution in [2.75, 3.05) is 0 Å². The molecule has 76 valence electrons. The summed E-state index contributed by atoms with van der Waals surface area (Å²) in [5.41, 5.74) is 0.470.